The Morgan fingerprint density at radius 2 is 1.97 bits per heavy atom. The highest BCUT2D eigenvalue weighted by Crippen LogP contribution is 2.42. The fraction of sp³-hybridized carbons (Fsp3) is 0.500. The summed E-state index contributed by atoms with van der Waals surface area (Å²) in [6.07, 6.45) is 7.07. The van der Waals surface area contributed by atoms with E-state index in [1.165, 1.54) is 0 Å². The highest BCUT2D eigenvalue weighted by molar-refractivity contribution is 6.34. The molecular weight excluding hydrogens is 451 g/mol. The lowest BCUT2D eigenvalue weighted by Gasteiger charge is -2.41. The molecule has 3 fully saturated rings. The summed E-state index contributed by atoms with van der Waals surface area (Å²) in [5.41, 5.74) is 2.33. The second-order valence-corrected chi connectivity index (χ2v) is 9.85. The fourth-order valence-electron chi connectivity index (χ4n) is 4.79. The molecule has 8 nitrogen and oxygen atoms in total. The first-order valence-electron chi connectivity index (χ1n) is 11.0. The molecule has 2 N–H and O–H groups in total. The third-order valence-corrected chi connectivity index (χ3v) is 7.67. The lowest BCUT2D eigenvalue weighted by atomic mass is 9.76. The van der Waals surface area contributed by atoms with Crippen LogP contribution in [0.15, 0.2) is 24.5 Å². The third-order valence-electron chi connectivity index (χ3n) is 6.99. The van der Waals surface area contributed by atoms with E-state index < -0.39 is 0 Å². The first-order chi connectivity index (χ1) is 15.5. The average molecular weight is 475 g/mol. The van der Waals surface area contributed by atoms with E-state index in [0.29, 0.717) is 41.1 Å². The molecule has 168 valence electrons. The highest BCUT2D eigenvalue weighted by atomic mass is 35.5. The number of fused-ring (bicyclic) bond motifs is 1. The zero-order valence-corrected chi connectivity index (χ0v) is 19.0. The van der Waals surface area contributed by atoms with Crippen LogP contribution in [0.1, 0.15) is 31.7 Å². The monoisotopic (exact) mass is 474 g/mol. The predicted molar refractivity (Wildman–Crippen MR) is 124 cm³/mol. The lowest BCUT2D eigenvalue weighted by molar-refractivity contribution is 0.0495. The topological polar surface area (TPSA) is 88.3 Å². The van der Waals surface area contributed by atoms with Crippen LogP contribution in [0.3, 0.4) is 0 Å². The van der Waals surface area contributed by atoms with Crippen molar-refractivity contribution in [2.75, 3.05) is 36.5 Å². The van der Waals surface area contributed by atoms with Crippen LogP contribution in [0.5, 0.6) is 0 Å². The van der Waals surface area contributed by atoms with Gasteiger partial charge in [-0.3, -0.25) is 0 Å². The molecule has 2 aromatic heterocycles. The number of benzene rings is 1. The van der Waals surface area contributed by atoms with Crippen molar-refractivity contribution >= 4 is 51.4 Å². The quantitative estimate of drug-likeness (QED) is 0.585. The molecule has 0 bridgehead atoms. The van der Waals surface area contributed by atoms with Crippen molar-refractivity contribution in [1.82, 2.24) is 19.7 Å². The smallest absolute Gasteiger partial charge is 0.227 e. The van der Waals surface area contributed by atoms with Crippen LogP contribution in [0, 0.1) is 5.41 Å². The second kappa shape index (κ2) is 7.73. The van der Waals surface area contributed by atoms with Gasteiger partial charge in [-0.25, -0.2) is 14.6 Å². The maximum Gasteiger partial charge on any atom is 0.227 e. The van der Waals surface area contributed by atoms with E-state index in [1.807, 2.05) is 16.8 Å². The van der Waals surface area contributed by atoms with E-state index >= 15 is 0 Å². The van der Waals surface area contributed by atoms with Gasteiger partial charge in [0.25, 0.3) is 0 Å². The Labute approximate surface area is 195 Å². The lowest BCUT2D eigenvalue weighted by Crippen LogP contribution is -2.46. The van der Waals surface area contributed by atoms with E-state index in [-0.39, 0.29) is 11.5 Å². The van der Waals surface area contributed by atoms with Crippen LogP contribution in [0.2, 0.25) is 10.2 Å². The van der Waals surface area contributed by atoms with Crippen molar-refractivity contribution in [1.29, 1.82) is 0 Å². The number of halogens is 2. The number of piperidine rings is 1. The van der Waals surface area contributed by atoms with Crippen LogP contribution < -0.4 is 10.2 Å². The van der Waals surface area contributed by atoms with E-state index in [1.54, 1.807) is 12.4 Å². The van der Waals surface area contributed by atoms with Gasteiger partial charge in [-0.1, -0.05) is 23.2 Å². The Bertz CT molecular complexity index is 1170. The molecule has 4 heterocycles. The molecule has 3 aromatic rings. The van der Waals surface area contributed by atoms with Gasteiger partial charge in [-0.2, -0.15) is 5.10 Å². The maximum absolute atomic E-state index is 10.4. The number of aliphatic hydroxyl groups is 1. The van der Waals surface area contributed by atoms with E-state index in [4.69, 9.17) is 32.9 Å². The standard InChI is InChI=1S/C22H24Cl2N6O2/c23-15-7-13-9-25-21(28-17-10-26-30(20(17)24)14-1-2-14)27-16(13)8-18(15)29-5-3-22(4-6-29)12-32-11-19(22)31/h7-10,14,19,31H,1-6,11-12H2,(H,25,27,28)/t19-/m1/s1. The summed E-state index contributed by atoms with van der Waals surface area (Å²) in [6, 6.07) is 4.33. The SMILES string of the molecule is O[C@@H]1COCC12CCN(c1cc3nc(Nc4cnn(C5CC5)c4Cl)ncc3cc1Cl)CC2. The molecule has 10 heteroatoms. The summed E-state index contributed by atoms with van der Waals surface area (Å²) < 4.78 is 7.37. The van der Waals surface area contributed by atoms with Crippen LogP contribution in [-0.2, 0) is 4.74 Å². The van der Waals surface area contributed by atoms with Crippen molar-refractivity contribution < 1.29 is 9.84 Å². The number of nitrogens with zero attached hydrogens (tertiary/aromatic N) is 5. The van der Waals surface area contributed by atoms with Crippen LogP contribution in [0.25, 0.3) is 10.9 Å². The van der Waals surface area contributed by atoms with Crippen LogP contribution in [-0.4, -0.2) is 57.3 Å². The fourth-order valence-corrected chi connectivity index (χ4v) is 5.35. The van der Waals surface area contributed by atoms with Gasteiger partial charge in [0.15, 0.2) is 5.15 Å². The Kier molecular flexibility index (Phi) is 4.94. The van der Waals surface area contributed by atoms with Crippen LogP contribution in [0.4, 0.5) is 17.3 Å². The first-order valence-corrected chi connectivity index (χ1v) is 11.8. The molecule has 0 amide bonds. The molecule has 2 saturated heterocycles. The minimum atomic E-state index is -0.380. The molecule has 6 rings (SSSR count). The second-order valence-electron chi connectivity index (χ2n) is 9.09. The van der Waals surface area contributed by atoms with E-state index in [2.05, 4.69) is 20.3 Å². The Balaban J connectivity index is 1.25. The van der Waals surface area contributed by atoms with Gasteiger partial charge in [0.2, 0.25) is 5.95 Å². The maximum atomic E-state index is 10.4. The summed E-state index contributed by atoms with van der Waals surface area (Å²) in [4.78, 5) is 11.4. The number of aliphatic hydroxyl groups excluding tert-OH is 1. The van der Waals surface area contributed by atoms with Crippen LogP contribution >= 0.6 is 23.2 Å². The van der Waals surface area contributed by atoms with E-state index in [9.17, 15) is 5.11 Å². The van der Waals surface area contributed by atoms with Gasteiger partial charge in [-0.15, -0.1) is 0 Å². The van der Waals surface area contributed by atoms with Crippen molar-refractivity contribution in [2.45, 2.75) is 37.8 Å². The summed E-state index contributed by atoms with van der Waals surface area (Å²) in [5, 5.41) is 20.0. The molecule has 2 aliphatic heterocycles. The minimum Gasteiger partial charge on any atom is -0.390 e. The number of anilines is 3. The summed E-state index contributed by atoms with van der Waals surface area (Å²) >= 11 is 13.1. The number of hydrogen-bond acceptors (Lipinski definition) is 7. The van der Waals surface area contributed by atoms with E-state index in [0.717, 1.165) is 55.4 Å². The zero-order valence-electron chi connectivity index (χ0n) is 17.5. The highest BCUT2D eigenvalue weighted by Gasteiger charge is 2.45. The zero-order chi connectivity index (χ0) is 21.9. The molecule has 32 heavy (non-hydrogen) atoms. The van der Waals surface area contributed by atoms with Gasteiger partial charge in [0, 0.05) is 30.1 Å². The molecule has 1 aliphatic carbocycles. The van der Waals surface area contributed by atoms with Gasteiger partial charge < -0.3 is 20.1 Å². The largest absolute Gasteiger partial charge is 0.390 e. The molecule has 0 unspecified atom stereocenters. The molecule has 0 radical (unpaired) electrons. The third kappa shape index (κ3) is 3.50. The molecule has 1 spiro atoms. The first kappa shape index (κ1) is 20.5. The van der Waals surface area contributed by atoms with Crippen molar-refractivity contribution in [3.8, 4) is 0 Å². The summed E-state index contributed by atoms with van der Waals surface area (Å²) in [7, 11) is 0. The Hall–Kier alpha value is -2.13. The Morgan fingerprint density at radius 1 is 1.16 bits per heavy atom. The molecule has 1 aromatic carbocycles. The van der Waals surface area contributed by atoms with Gasteiger partial charge in [0.05, 0.1) is 53.5 Å². The van der Waals surface area contributed by atoms with Crippen molar-refractivity contribution in [3.05, 3.63) is 34.7 Å². The number of ether oxygens (including phenoxy) is 1. The number of aromatic nitrogens is 4. The summed E-state index contributed by atoms with van der Waals surface area (Å²) in [5.74, 6) is 0.465. The Morgan fingerprint density at radius 3 is 2.69 bits per heavy atom. The number of hydrogen-bond donors (Lipinski definition) is 2. The normalized spacial score (nSPS) is 22.7. The predicted octanol–water partition coefficient (Wildman–Crippen LogP) is 4.19. The van der Waals surface area contributed by atoms with Gasteiger partial charge in [0.1, 0.15) is 0 Å². The molecular formula is C22H24Cl2N6O2. The van der Waals surface area contributed by atoms with Gasteiger partial charge >= 0.3 is 0 Å². The number of nitrogens with one attached hydrogen (secondary N) is 1. The van der Waals surface area contributed by atoms with Gasteiger partial charge in [-0.05, 0) is 37.8 Å². The minimum absolute atomic E-state index is 0.122. The average Bonchev–Trinajstić information content (AvgIpc) is 3.49. The van der Waals surface area contributed by atoms with Crippen molar-refractivity contribution in [3.63, 3.8) is 0 Å². The number of rotatable bonds is 4. The summed E-state index contributed by atoms with van der Waals surface area (Å²) in [6.45, 7) is 2.71. The molecule has 1 atom stereocenters. The van der Waals surface area contributed by atoms with Crippen molar-refractivity contribution in [2.24, 2.45) is 5.41 Å². The molecule has 1 saturated carbocycles. The molecule has 3 aliphatic rings.